The first-order valence-electron chi connectivity index (χ1n) is 8.43. The number of nitrogens with one attached hydrogen (secondary N) is 2. The molecular formula is C17H30N4S2. The van der Waals surface area contributed by atoms with Gasteiger partial charge in [-0.15, -0.1) is 11.3 Å². The van der Waals surface area contributed by atoms with E-state index in [2.05, 4.69) is 62.4 Å². The Kier molecular flexibility index (Phi) is 6.37. The Bertz CT molecular complexity index is 525. The van der Waals surface area contributed by atoms with Crippen molar-refractivity contribution in [3.05, 3.63) is 16.1 Å². The zero-order valence-electron chi connectivity index (χ0n) is 15.0. The minimum Gasteiger partial charge on any atom is -0.357 e. The van der Waals surface area contributed by atoms with Crippen LogP contribution in [0.15, 0.2) is 10.4 Å². The molecule has 0 spiro atoms. The van der Waals surface area contributed by atoms with Crippen LogP contribution in [0.25, 0.3) is 0 Å². The highest BCUT2D eigenvalue weighted by Gasteiger charge is 2.29. The summed E-state index contributed by atoms with van der Waals surface area (Å²) in [7, 11) is 0. The fourth-order valence-corrected chi connectivity index (χ4v) is 4.62. The molecule has 0 bridgehead atoms. The van der Waals surface area contributed by atoms with Crippen LogP contribution in [-0.4, -0.2) is 34.5 Å². The summed E-state index contributed by atoms with van der Waals surface area (Å²) < 4.78 is 0.343. The van der Waals surface area contributed by atoms with E-state index in [1.807, 2.05) is 0 Å². The summed E-state index contributed by atoms with van der Waals surface area (Å²) in [5.74, 6) is 2.17. The quantitative estimate of drug-likeness (QED) is 0.624. The molecule has 1 aromatic rings. The van der Waals surface area contributed by atoms with Gasteiger partial charge in [0.1, 0.15) is 0 Å². The first-order chi connectivity index (χ1) is 10.8. The van der Waals surface area contributed by atoms with Crippen molar-refractivity contribution in [1.82, 2.24) is 15.6 Å². The van der Waals surface area contributed by atoms with Gasteiger partial charge in [-0.05, 0) is 32.4 Å². The van der Waals surface area contributed by atoms with E-state index < -0.39 is 0 Å². The van der Waals surface area contributed by atoms with E-state index in [-0.39, 0.29) is 5.41 Å². The van der Waals surface area contributed by atoms with E-state index in [1.165, 1.54) is 23.6 Å². The molecule has 0 aliphatic carbocycles. The highest BCUT2D eigenvalue weighted by molar-refractivity contribution is 8.00. The molecule has 0 radical (unpaired) electrons. The van der Waals surface area contributed by atoms with E-state index in [0.29, 0.717) is 11.3 Å². The summed E-state index contributed by atoms with van der Waals surface area (Å²) in [5.41, 5.74) is 1.17. The lowest BCUT2D eigenvalue weighted by Crippen LogP contribution is -2.43. The number of thiazole rings is 1. The molecule has 6 heteroatoms. The van der Waals surface area contributed by atoms with Gasteiger partial charge in [0, 0.05) is 28.6 Å². The molecule has 130 valence electrons. The smallest absolute Gasteiger partial charge is 0.191 e. The second-order valence-electron chi connectivity index (χ2n) is 7.34. The molecule has 0 saturated carbocycles. The van der Waals surface area contributed by atoms with E-state index in [0.717, 1.165) is 24.7 Å². The number of nitrogens with zero attached hydrogens (tertiary/aromatic N) is 2. The number of hydrogen-bond donors (Lipinski definition) is 2. The summed E-state index contributed by atoms with van der Waals surface area (Å²) >= 11 is 3.80. The molecule has 1 aromatic heterocycles. The van der Waals surface area contributed by atoms with Crippen LogP contribution in [0, 0.1) is 0 Å². The summed E-state index contributed by atoms with van der Waals surface area (Å²) in [5, 5.41) is 10.1. The Labute approximate surface area is 149 Å². The molecule has 2 heterocycles. The van der Waals surface area contributed by atoms with Crippen molar-refractivity contribution in [2.45, 2.75) is 64.2 Å². The van der Waals surface area contributed by atoms with Crippen LogP contribution >= 0.6 is 23.1 Å². The second-order valence-corrected chi connectivity index (χ2v) is 9.89. The average molecular weight is 355 g/mol. The number of aromatic nitrogens is 1. The average Bonchev–Trinajstić information content (AvgIpc) is 3.11. The number of rotatable bonds is 5. The normalized spacial score (nSPS) is 22.4. The van der Waals surface area contributed by atoms with Crippen molar-refractivity contribution in [2.24, 2.45) is 4.99 Å². The molecule has 1 unspecified atom stereocenters. The third kappa shape index (κ3) is 5.68. The second kappa shape index (κ2) is 7.88. The largest absolute Gasteiger partial charge is 0.357 e. The third-order valence-corrected chi connectivity index (χ3v) is 6.72. The predicted octanol–water partition coefficient (Wildman–Crippen LogP) is 3.78. The molecule has 1 atom stereocenters. The fraction of sp³-hybridized carbons (Fsp3) is 0.765. The molecular weight excluding hydrogens is 324 g/mol. The number of guanidine groups is 1. The van der Waals surface area contributed by atoms with Crippen molar-refractivity contribution in [3.8, 4) is 0 Å². The first-order valence-corrected chi connectivity index (χ1v) is 10.3. The molecule has 2 N–H and O–H groups in total. The van der Waals surface area contributed by atoms with Gasteiger partial charge >= 0.3 is 0 Å². The Morgan fingerprint density at radius 1 is 1.39 bits per heavy atom. The summed E-state index contributed by atoms with van der Waals surface area (Å²) in [4.78, 5) is 9.42. The van der Waals surface area contributed by atoms with E-state index in [1.54, 1.807) is 11.3 Å². The molecule has 2 rings (SSSR count). The lowest BCUT2D eigenvalue weighted by molar-refractivity contribution is 0.581. The topological polar surface area (TPSA) is 49.3 Å². The summed E-state index contributed by atoms with van der Waals surface area (Å²) in [6, 6.07) is 0. The molecule has 23 heavy (non-hydrogen) atoms. The maximum atomic E-state index is 4.72. The van der Waals surface area contributed by atoms with Gasteiger partial charge in [-0.2, -0.15) is 11.8 Å². The maximum absolute atomic E-state index is 4.72. The fourth-order valence-electron chi connectivity index (χ4n) is 2.47. The minimum atomic E-state index is 0.115. The van der Waals surface area contributed by atoms with Gasteiger partial charge in [-0.25, -0.2) is 9.98 Å². The molecule has 0 aromatic carbocycles. The van der Waals surface area contributed by atoms with Crippen molar-refractivity contribution in [3.63, 3.8) is 0 Å². The zero-order valence-corrected chi connectivity index (χ0v) is 16.7. The summed E-state index contributed by atoms with van der Waals surface area (Å²) in [6.07, 6.45) is 2.61. The van der Waals surface area contributed by atoms with Crippen LogP contribution < -0.4 is 10.6 Å². The molecule has 1 aliphatic heterocycles. The Balaban J connectivity index is 1.94. The van der Waals surface area contributed by atoms with E-state index in [9.17, 15) is 0 Å². The third-order valence-electron chi connectivity index (χ3n) is 3.87. The van der Waals surface area contributed by atoms with E-state index in [4.69, 9.17) is 9.98 Å². The van der Waals surface area contributed by atoms with Crippen LogP contribution in [0.2, 0.25) is 0 Å². The molecule has 1 aliphatic rings. The summed E-state index contributed by atoms with van der Waals surface area (Å²) in [6.45, 7) is 13.5. The molecule has 1 saturated heterocycles. The highest BCUT2D eigenvalue weighted by Crippen LogP contribution is 2.36. The first kappa shape index (κ1) is 18.6. The number of hydrogen-bond acceptors (Lipinski definition) is 4. The van der Waals surface area contributed by atoms with Crippen LogP contribution in [0.3, 0.4) is 0 Å². The lowest BCUT2D eigenvalue weighted by atomic mass is 9.98. The highest BCUT2D eigenvalue weighted by atomic mass is 32.2. The standard InChI is InChI=1S/C17H30N4S2/c1-6-18-15(20-12-17(5)8-7-9-23-17)19-10-13-11-22-14(21-13)16(2,3)4/h11H,6-10,12H2,1-5H3,(H2,18,19,20). The van der Waals surface area contributed by atoms with Crippen LogP contribution in [0.4, 0.5) is 0 Å². The van der Waals surface area contributed by atoms with Gasteiger partial charge in [0.2, 0.25) is 0 Å². The predicted molar refractivity (Wildman–Crippen MR) is 104 cm³/mol. The van der Waals surface area contributed by atoms with Crippen molar-refractivity contribution < 1.29 is 0 Å². The van der Waals surface area contributed by atoms with Gasteiger partial charge in [0.25, 0.3) is 0 Å². The van der Waals surface area contributed by atoms with Crippen molar-refractivity contribution >= 4 is 29.1 Å². The lowest BCUT2D eigenvalue weighted by Gasteiger charge is -2.24. The maximum Gasteiger partial charge on any atom is 0.191 e. The monoisotopic (exact) mass is 354 g/mol. The Morgan fingerprint density at radius 3 is 2.74 bits per heavy atom. The Hall–Kier alpha value is -0.750. The van der Waals surface area contributed by atoms with Crippen LogP contribution in [0.5, 0.6) is 0 Å². The van der Waals surface area contributed by atoms with Crippen molar-refractivity contribution in [2.75, 3.05) is 18.8 Å². The van der Waals surface area contributed by atoms with Gasteiger partial charge in [-0.3, -0.25) is 0 Å². The zero-order chi connectivity index (χ0) is 16.9. The van der Waals surface area contributed by atoms with Crippen LogP contribution in [-0.2, 0) is 12.0 Å². The number of thioether (sulfide) groups is 1. The SMILES string of the molecule is CCNC(=NCc1csc(C(C)(C)C)n1)NCC1(C)CCCS1. The van der Waals surface area contributed by atoms with Gasteiger partial charge in [0.05, 0.1) is 17.2 Å². The molecule has 4 nitrogen and oxygen atoms in total. The van der Waals surface area contributed by atoms with Gasteiger partial charge in [0.15, 0.2) is 5.96 Å². The Morgan fingerprint density at radius 2 is 2.17 bits per heavy atom. The van der Waals surface area contributed by atoms with Crippen molar-refractivity contribution in [1.29, 1.82) is 0 Å². The van der Waals surface area contributed by atoms with Gasteiger partial charge in [-0.1, -0.05) is 20.8 Å². The van der Waals surface area contributed by atoms with E-state index >= 15 is 0 Å². The van der Waals surface area contributed by atoms with Crippen LogP contribution in [0.1, 0.15) is 58.2 Å². The molecule has 1 fully saturated rings. The number of aliphatic imine (C=N–C) groups is 1. The van der Waals surface area contributed by atoms with Gasteiger partial charge < -0.3 is 10.6 Å². The molecule has 0 amide bonds. The minimum absolute atomic E-state index is 0.115.